The van der Waals surface area contributed by atoms with Crippen molar-refractivity contribution in [2.24, 2.45) is 11.3 Å². The Balaban J connectivity index is 1.73. The summed E-state index contributed by atoms with van der Waals surface area (Å²) in [5.41, 5.74) is 1.47. The van der Waals surface area contributed by atoms with Crippen LogP contribution in [0.15, 0.2) is 36.4 Å². The topological polar surface area (TPSA) is 52.7 Å². The smallest absolute Gasteiger partial charge is 0.325 e. The number of aryl methyl sites for hydroxylation is 2. The number of benzene rings is 2. The normalized spacial score (nSPS) is 22.4. The molecule has 1 heterocycles. The number of nitrogens with one attached hydrogen (secondary N) is 1. The number of nitrogens with zero attached hydrogens (tertiary/aromatic N) is 2. The Morgan fingerprint density at radius 3 is 2.36 bits per heavy atom. The standard InChI is InChI=1S/C28H34F3N3O2/c1-6-33(5)15-27(16-34(25(35)19(27)4)24-17(2)8-7-9-18(24)3)26(36)32-23-13-21(20-10-11-20)12-22(14-23)28(29,30)31/h7-9,12-14,19-20H,6,10-11,15-16H2,1-5H3,(H,32,36)/t19?,27-/m1/s1. The molecule has 1 aliphatic heterocycles. The maximum absolute atomic E-state index is 14.0. The van der Waals surface area contributed by atoms with Crippen molar-refractivity contribution in [1.29, 1.82) is 0 Å². The van der Waals surface area contributed by atoms with Gasteiger partial charge < -0.3 is 15.1 Å². The monoisotopic (exact) mass is 501 g/mol. The summed E-state index contributed by atoms with van der Waals surface area (Å²) in [6, 6.07) is 9.60. The summed E-state index contributed by atoms with van der Waals surface area (Å²) in [7, 11) is 1.88. The van der Waals surface area contributed by atoms with Gasteiger partial charge in [0.15, 0.2) is 0 Å². The molecule has 4 rings (SSSR count). The van der Waals surface area contributed by atoms with Gasteiger partial charge in [-0.05, 0) is 81.1 Å². The summed E-state index contributed by atoms with van der Waals surface area (Å²) in [6.45, 7) is 8.70. The first-order valence-corrected chi connectivity index (χ1v) is 12.5. The highest BCUT2D eigenvalue weighted by Gasteiger charge is 2.56. The van der Waals surface area contributed by atoms with Gasteiger partial charge in [-0.15, -0.1) is 0 Å². The van der Waals surface area contributed by atoms with Gasteiger partial charge in [-0.1, -0.05) is 32.0 Å². The number of rotatable bonds is 7. The molecule has 36 heavy (non-hydrogen) atoms. The van der Waals surface area contributed by atoms with E-state index in [-0.39, 0.29) is 24.1 Å². The number of hydrogen-bond donors (Lipinski definition) is 1. The Bertz CT molecular complexity index is 1150. The highest BCUT2D eigenvalue weighted by molar-refractivity contribution is 6.08. The molecule has 194 valence electrons. The van der Waals surface area contributed by atoms with Crippen LogP contribution in [-0.2, 0) is 15.8 Å². The highest BCUT2D eigenvalue weighted by Crippen LogP contribution is 2.45. The van der Waals surface area contributed by atoms with Crippen molar-refractivity contribution in [2.75, 3.05) is 36.9 Å². The third kappa shape index (κ3) is 4.88. The van der Waals surface area contributed by atoms with Crippen LogP contribution in [0.3, 0.4) is 0 Å². The number of halogens is 3. The number of carbonyl (C=O) groups is 2. The van der Waals surface area contributed by atoms with Crippen molar-refractivity contribution in [3.63, 3.8) is 0 Å². The molecule has 0 radical (unpaired) electrons. The van der Waals surface area contributed by atoms with Gasteiger partial charge in [-0.2, -0.15) is 13.2 Å². The second-order valence-corrected chi connectivity index (χ2v) is 10.4. The summed E-state index contributed by atoms with van der Waals surface area (Å²) in [6.07, 6.45) is -2.83. The molecular weight excluding hydrogens is 467 g/mol. The van der Waals surface area contributed by atoms with E-state index < -0.39 is 29.0 Å². The molecule has 1 saturated heterocycles. The van der Waals surface area contributed by atoms with E-state index in [1.165, 1.54) is 6.07 Å². The fourth-order valence-corrected chi connectivity index (χ4v) is 5.30. The van der Waals surface area contributed by atoms with E-state index in [0.29, 0.717) is 18.7 Å². The molecule has 2 aromatic carbocycles. The van der Waals surface area contributed by atoms with E-state index in [1.54, 1.807) is 17.9 Å². The lowest BCUT2D eigenvalue weighted by atomic mass is 9.77. The van der Waals surface area contributed by atoms with Crippen LogP contribution in [0.2, 0.25) is 0 Å². The van der Waals surface area contributed by atoms with Crippen LogP contribution >= 0.6 is 0 Å². The third-order valence-corrected chi connectivity index (χ3v) is 7.75. The van der Waals surface area contributed by atoms with Gasteiger partial charge >= 0.3 is 6.18 Å². The van der Waals surface area contributed by atoms with Crippen molar-refractivity contribution in [3.8, 4) is 0 Å². The zero-order valence-electron chi connectivity index (χ0n) is 21.5. The number of carbonyl (C=O) groups excluding carboxylic acids is 2. The quantitative estimate of drug-likeness (QED) is 0.525. The fraction of sp³-hybridized carbons (Fsp3) is 0.500. The van der Waals surface area contributed by atoms with Gasteiger partial charge in [0.1, 0.15) is 0 Å². The van der Waals surface area contributed by atoms with E-state index in [1.807, 2.05) is 50.9 Å². The summed E-state index contributed by atoms with van der Waals surface area (Å²) in [5.74, 6) is -1.15. The van der Waals surface area contributed by atoms with Crippen molar-refractivity contribution in [3.05, 3.63) is 58.7 Å². The van der Waals surface area contributed by atoms with Crippen molar-refractivity contribution >= 4 is 23.2 Å². The molecule has 5 nitrogen and oxygen atoms in total. The lowest BCUT2D eigenvalue weighted by molar-refractivity contribution is -0.137. The molecule has 2 amide bonds. The Labute approximate surface area is 210 Å². The number of para-hydroxylation sites is 1. The van der Waals surface area contributed by atoms with Gasteiger partial charge in [0.25, 0.3) is 0 Å². The first-order chi connectivity index (χ1) is 16.9. The van der Waals surface area contributed by atoms with Crippen LogP contribution in [0.4, 0.5) is 24.5 Å². The lowest BCUT2D eigenvalue weighted by Gasteiger charge is -2.34. The minimum Gasteiger partial charge on any atom is -0.325 e. The predicted octanol–water partition coefficient (Wildman–Crippen LogP) is 5.76. The van der Waals surface area contributed by atoms with Gasteiger partial charge in [-0.25, -0.2) is 0 Å². The van der Waals surface area contributed by atoms with E-state index in [9.17, 15) is 22.8 Å². The SMILES string of the molecule is CCN(C)C[C@@]1(C(=O)Nc2cc(C3CC3)cc(C(F)(F)F)c2)CN(c2c(C)cccc2C)C(=O)C1C. The maximum atomic E-state index is 14.0. The molecule has 1 aliphatic carbocycles. The van der Waals surface area contributed by atoms with Gasteiger partial charge in [-0.3, -0.25) is 9.59 Å². The second-order valence-electron chi connectivity index (χ2n) is 10.4. The minimum absolute atomic E-state index is 0.0923. The summed E-state index contributed by atoms with van der Waals surface area (Å²) >= 11 is 0. The van der Waals surface area contributed by atoms with E-state index >= 15 is 0 Å². The summed E-state index contributed by atoms with van der Waals surface area (Å²) < 4.78 is 40.9. The van der Waals surface area contributed by atoms with Gasteiger partial charge in [0.2, 0.25) is 11.8 Å². The Kier molecular flexibility index (Phi) is 6.94. The molecule has 1 saturated carbocycles. The van der Waals surface area contributed by atoms with Crippen LogP contribution < -0.4 is 10.2 Å². The average molecular weight is 502 g/mol. The summed E-state index contributed by atoms with van der Waals surface area (Å²) in [4.78, 5) is 31.2. The predicted molar refractivity (Wildman–Crippen MR) is 135 cm³/mol. The van der Waals surface area contributed by atoms with E-state index in [4.69, 9.17) is 0 Å². The van der Waals surface area contributed by atoms with Crippen LogP contribution in [0.1, 0.15) is 54.9 Å². The maximum Gasteiger partial charge on any atom is 0.416 e. The molecule has 1 unspecified atom stereocenters. The molecule has 1 N–H and O–H groups in total. The molecule has 8 heteroatoms. The number of amides is 2. The molecule has 0 bridgehead atoms. The van der Waals surface area contributed by atoms with Crippen LogP contribution in [0.5, 0.6) is 0 Å². The average Bonchev–Trinajstić information content (AvgIpc) is 3.63. The first kappa shape index (κ1) is 26.2. The van der Waals surface area contributed by atoms with Crippen LogP contribution in [0, 0.1) is 25.2 Å². The molecule has 2 aliphatic rings. The molecule has 2 fully saturated rings. The number of anilines is 2. The molecular formula is C28H34F3N3O2. The Hall–Kier alpha value is -2.87. The highest BCUT2D eigenvalue weighted by atomic mass is 19.4. The van der Waals surface area contributed by atoms with Crippen molar-refractivity contribution in [2.45, 2.75) is 52.6 Å². The molecule has 2 atom stereocenters. The largest absolute Gasteiger partial charge is 0.416 e. The van der Waals surface area contributed by atoms with Crippen molar-refractivity contribution in [1.82, 2.24) is 4.90 Å². The Morgan fingerprint density at radius 1 is 1.17 bits per heavy atom. The minimum atomic E-state index is -4.51. The molecule has 2 aromatic rings. The van der Waals surface area contributed by atoms with Crippen molar-refractivity contribution < 1.29 is 22.8 Å². The molecule has 0 aromatic heterocycles. The number of alkyl halides is 3. The lowest BCUT2D eigenvalue weighted by Crippen LogP contribution is -2.50. The second kappa shape index (κ2) is 9.54. The fourth-order valence-electron chi connectivity index (χ4n) is 5.30. The first-order valence-electron chi connectivity index (χ1n) is 12.5. The molecule has 0 spiro atoms. The zero-order chi connectivity index (χ0) is 26.4. The third-order valence-electron chi connectivity index (χ3n) is 7.75. The van der Waals surface area contributed by atoms with Gasteiger partial charge in [0, 0.05) is 24.5 Å². The zero-order valence-corrected chi connectivity index (χ0v) is 21.5. The van der Waals surface area contributed by atoms with Crippen LogP contribution in [-0.4, -0.2) is 43.4 Å². The Morgan fingerprint density at radius 2 is 1.81 bits per heavy atom. The number of hydrogen-bond acceptors (Lipinski definition) is 3. The summed E-state index contributed by atoms with van der Waals surface area (Å²) in [5, 5.41) is 2.80. The van der Waals surface area contributed by atoms with E-state index in [2.05, 4.69) is 5.32 Å². The van der Waals surface area contributed by atoms with Gasteiger partial charge in [0.05, 0.1) is 16.9 Å². The van der Waals surface area contributed by atoms with E-state index in [0.717, 1.165) is 35.7 Å². The van der Waals surface area contributed by atoms with Crippen LogP contribution in [0.25, 0.3) is 0 Å².